The third-order valence-corrected chi connectivity index (χ3v) is 6.38. The van der Waals surface area contributed by atoms with Crippen molar-refractivity contribution < 1.29 is 14.4 Å². The van der Waals surface area contributed by atoms with Gasteiger partial charge in [0.2, 0.25) is 0 Å². The minimum absolute atomic E-state index is 0.00623. The Kier molecular flexibility index (Phi) is 3.97. The minimum atomic E-state index is -0.00623. The van der Waals surface area contributed by atoms with Crippen LogP contribution in [0.15, 0.2) is 0 Å². The molecular formula is C16H30NO2+. The lowest BCUT2D eigenvalue weighted by atomic mass is 9.70. The Hall–Kier alpha value is -0.570. The highest BCUT2D eigenvalue weighted by molar-refractivity contribution is 5.70. The second kappa shape index (κ2) is 5.08. The van der Waals surface area contributed by atoms with Gasteiger partial charge in [0.25, 0.3) is 0 Å². The molecule has 0 saturated heterocycles. The quantitative estimate of drug-likeness (QED) is 0.769. The average molecular weight is 268 g/mol. The van der Waals surface area contributed by atoms with Crippen LogP contribution in [-0.2, 0) is 9.53 Å². The maximum Gasteiger partial charge on any atom is 0.362 e. The van der Waals surface area contributed by atoms with Crippen molar-refractivity contribution in [2.45, 2.75) is 60.0 Å². The fraction of sp³-hybridized carbons (Fsp3) is 0.938. The second-order valence-electron chi connectivity index (χ2n) is 7.22. The smallest absolute Gasteiger partial charge is 0.362 e. The molecule has 0 aliphatic heterocycles. The molecule has 19 heavy (non-hydrogen) atoms. The summed E-state index contributed by atoms with van der Waals surface area (Å²) in [6.45, 7) is 13.8. The maximum atomic E-state index is 12.1. The van der Waals surface area contributed by atoms with Crippen molar-refractivity contribution >= 4 is 5.97 Å². The van der Waals surface area contributed by atoms with Crippen LogP contribution >= 0.6 is 0 Å². The molecule has 2 bridgehead atoms. The van der Waals surface area contributed by atoms with Gasteiger partial charge in [-0.15, -0.1) is 0 Å². The summed E-state index contributed by atoms with van der Waals surface area (Å²) in [4.78, 5) is 13.4. The topological polar surface area (TPSA) is 30.7 Å². The Bertz CT molecular complexity index is 349. The predicted octanol–water partition coefficient (Wildman–Crippen LogP) is 1.67. The summed E-state index contributed by atoms with van der Waals surface area (Å²) in [5, 5.41) is 0. The highest BCUT2D eigenvalue weighted by Crippen LogP contribution is 2.66. The van der Waals surface area contributed by atoms with E-state index >= 15 is 0 Å². The molecule has 0 spiro atoms. The van der Waals surface area contributed by atoms with E-state index in [1.807, 2.05) is 0 Å². The van der Waals surface area contributed by atoms with Gasteiger partial charge in [0, 0.05) is 5.41 Å². The number of quaternary nitrogens is 1. The molecule has 2 rings (SSSR count). The third kappa shape index (κ3) is 2.31. The van der Waals surface area contributed by atoms with E-state index in [1.165, 1.54) is 17.7 Å². The Morgan fingerprint density at radius 1 is 1.26 bits per heavy atom. The molecule has 2 saturated carbocycles. The zero-order chi connectivity index (χ0) is 14.3. The van der Waals surface area contributed by atoms with E-state index in [4.69, 9.17) is 4.74 Å². The van der Waals surface area contributed by atoms with Crippen LogP contribution in [0.4, 0.5) is 0 Å². The zero-order valence-corrected chi connectivity index (χ0v) is 13.2. The van der Waals surface area contributed by atoms with Crippen LogP contribution in [0.5, 0.6) is 0 Å². The molecule has 2 aliphatic carbocycles. The van der Waals surface area contributed by atoms with Crippen LogP contribution in [0.25, 0.3) is 0 Å². The van der Waals surface area contributed by atoms with Crippen molar-refractivity contribution in [3.8, 4) is 0 Å². The number of carbonyl (C=O) groups is 1. The van der Waals surface area contributed by atoms with Gasteiger partial charge >= 0.3 is 5.97 Å². The van der Waals surface area contributed by atoms with Crippen LogP contribution in [0.1, 0.15) is 53.9 Å². The normalized spacial score (nSPS) is 35.9. The Balaban J connectivity index is 1.96. The van der Waals surface area contributed by atoms with E-state index < -0.39 is 0 Å². The molecule has 0 unspecified atom stereocenters. The van der Waals surface area contributed by atoms with Gasteiger partial charge < -0.3 is 9.64 Å². The van der Waals surface area contributed by atoms with E-state index in [2.05, 4.69) is 34.6 Å². The van der Waals surface area contributed by atoms with Crippen LogP contribution in [0.2, 0.25) is 0 Å². The number of hydrogen-bond donors (Lipinski definition) is 1. The summed E-state index contributed by atoms with van der Waals surface area (Å²) < 4.78 is 5.86. The van der Waals surface area contributed by atoms with Crippen LogP contribution in [0, 0.1) is 16.7 Å². The summed E-state index contributed by atoms with van der Waals surface area (Å²) in [6, 6.07) is 0. The first kappa shape index (κ1) is 14.8. The number of carbonyl (C=O) groups excluding carboxylic acids is 1. The summed E-state index contributed by atoms with van der Waals surface area (Å²) in [6.07, 6.45) is 3.73. The lowest BCUT2D eigenvalue weighted by molar-refractivity contribution is -0.888. The average Bonchev–Trinajstić information content (AvgIpc) is 2.69. The molecule has 3 heteroatoms. The molecule has 2 fully saturated rings. The first-order valence-corrected chi connectivity index (χ1v) is 7.88. The standard InChI is InChI=1S/C16H29NO2/c1-6-17(7-2)11-14(18)19-13-10-12-8-9-16(13,5)15(12,3)4/h12-13H,6-11H2,1-5H3/p+1/t12-,13+,16-/m1/s1. The van der Waals surface area contributed by atoms with E-state index in [1.54, 1.807) is 0 Å². The minimum Gasteiger partial charge on any atom is -0.458 e. The molecule has 2 aliphatic rings. The van der Waals surface area contributed by atoms with Crippen molar-refractivity contribution in [3.63, 3.8) is 0 Å². The Labute approximate surface area is 117 Å². The summed E-state index contributed by atoms with van der Waals surface area (Å²) in [7, 11) is 0. The number of esters is 1. The van der Waals surface area contributed by atoms with Gasteiger partial charge in [-0.05, 0) is 44.4 Å². The van der Waals surface area contributed by atoms with Crippen molar-refractivity contribution in [3.05, 3.63) is 0 Å². The first-order valence-electron chi connectivity index (χ1n) is 7.88. The predicted molar refractivity (Wildman–Crippen MR) is 76.0 cm³/mol. The Morgan fingerprint density at radius 3 is 2.32 bits per heavy atom. The molecule has 0 heterocycles. The van der Waals surface area contributed by atoms with Gasteiger partial charge in [-0.25, -0.2) is 4.79 Å². The zero-order valence-electron chi connectivity index (χ0n) is 13.2. The third-order valence-electron chi connectivity index (χ3n) is 6.38. The van der Waals surface area contributed by atoms with Gasteiger partial charge in [0.05, 0.1) is 13.1 Å². The summed E-state index contributed by atoms with van der Waals surface area (Å²) >= 11 is 0. The summed E-state index contributed by atoms with van der Waals surface area (Å²) in [5.41, 5.74) is 0.506. The van der Waals surface area contributed by atoms with Crippen molar-refractivity contribution in [1.82, 2.24) is 0 Å². The van der Waals surface area contributed by atoms with Crippen molar-refractivity contribution in [2.75, 3.05) is 19.6 Å². The molecule has 1 N–H and O–H groups in total. The highest BCUT2D eigenvalue weighted by Gasteiger charge is 2.62. The van der Waals surface area contributed by atoms with E-state index in [0.717, 1.165) is 25.4 Å². The monoisotopic (exact) mass is 268 g/mol. The number of fused-ring (bicyclic) bond motifs is 2. The number of nitrogens with one attached hydrogen (secondary N) is 1. The van der Waals surface area contributed by atoms with Gasteiger partial charge in [0.1, 0.15) is 6.10 Å². The number of rotatable bonds is 5. The number of hydrogen-bond acceptors (Lipinski definition) is 2. The molecule has 0 aromatic carbocycles. The molecular weight excluding hydrogens is 238 g/mol. The molecule has 110 valence electrons. The van der Waals surface area contributed by atoms with Crippen LogP contribution < -0.4 is 4.90 Å². The molecule has 0 aromatic rings. The van der Waals surface area contributed by atoms with Crippen molar-refractivity contribution in [1.29, 1.82) is 0 Å². The van der Waals surface area contributed by atoms with Crippen LogP contribution in [-0.4, -0.2) is 31.7 Å². The second-order valence-corrected chi connectivity index (χ2v) is 7.22. The van der Waals surface area contributed by atoms with Gasteiger partial charge in [-0.2, -0.15) is 0 Å². The largest absolute Gasteiger partial charge is 0.458 e. The van der Waals surface area contributed by atoms with E-state index in [0.29, 0.717) is 12.0 Å². The molecule has 0 radical (unpaired) electrons. The number of likely N-dealkylation sites (N-methyl/N-ethyl adjacent to an activating group) is 1. The van der Waals surface area contributed by atoms with Gasteiger partial charge in [0.15, 0.2) is 6.54 Å². The van der Waals surface area contributed by atoms with Gasteiger partial charge in [-0.1, -0.05) is 20.8 Å². The molecule has 0 aromatic heterocycles. The summed E-state index contributed by atoms with van der Waals surface area (Å²) in [5.74, 6) is 0.726. The highest BCUT2D eigenvalue weighted by atomic mass is 16.5. The molecule has 3 atom stereocenters. The van der Waals surface area contributed by atoms with E-state index in [-0.39, 0.29) is 17.5 Å². The van der Waals surface area contributed by atoms with Crippen LogP contribution in [0.3, 0.4) is 0 Å². The molecule has 3 nitrogen and oxygen atoms in total. The van der Waals surface area contributed by atoms with E-state index in [9.17, 15) is 4.79 Å². The van der Waals surface area contributed by atoms with Gasteiger partial charge in [-0.3, -0.25) is 0 Å². The maximum absolute atomic E-state index is 12.1. The number of ether oxygens (including phenoxy) is 1. The Morgan fingerprint density at radius 2 is 1.89 bits per heavy atom. The molecule has 0 amide bonds. The fourth-order valence-electron chi connectivity index (χ4n) is 4.21. The fourth-order valence-corrected chi connectivity index (χ4v) is 4.21. The lowest BCUT2D eigenvalue weighted by Gasteiger charge is -2.38. The first-order chi connectivity index (χ1) is 8.85. The lowest BCUT2D eigenvalue weighted by Crippen LogP contribution is -3.12. The SMILES string of the molecule is CC[NH+](CC)CC(=O)O[C@H]1C[C@H]2CC[C@@]1(C)C2(C)C. The van der Waals surface area contributed by atoms with Crippen molar-refractivity contribution in [2.24, 2.45) is 16.7 Å².